The third-order valence-electron chi connectivity index (χ3n) is 5.08. The summed E-state index contributed by atoms with van der Waals surface area (Å²) in [5.41, 5.74) is 0. The molecule has 2 amide bonds. The number of piperidine rings is 2. The molecule has 0 radical (unpaired) electrons. The van der Waals surface area contributed by atoms with Gasteiger partial charge < -0.3 is 20.4 Å². The number of aliphatic carboxylic acids is 2. The number of rotatable bonds is 4. The molecule has 26 heavy (non-hydrogen) atoms. The van der Waals surface area contributed by atoms with Gasteiger partial charge in [-0.25, -0.2) is 9.59 Å². The summed E-state index contributed by atoms with van der Waals surface area (Å²) in [6, 6.07) is -2.82. The number of carbonyl (C=O) groups is 4. The predicted molar refractivity (Wildman–Crippen MR) is 81.7 cm³/mol. The molecular formula is C14H22N4O8+2. The summed E-state index contributed by atoms with van der Waals surface area (Å²) in [4.78, 5) is 46.7. The number of carboxylic acids is 2. The van der Waals surface area contributed by atoms with Crippen molar-refractivity contribution in [3.05, 3.63) is 0 Å². The molecule has 2 fully saturated rings. The van der Waals surface area contributed by atoms with Crippen LogP contribution in [0.5, 0.6) is 0 Å². The largest absolute Gasteiger partial charge is 0.543 e. The van der Waals surface area contributed by atoms with Crippen LogP contribution in [0.4, 0.5) is 9.59 Å². The van der Waals surface area contributed by atoms with Crippen LogP contribution >= 0.6 is 0 Å². The van der Waals surface area contributed by atoms with E-state index >= 15 is 0 Å². The van der Waals surface area contributed by atoms with Crippen molar-refractivity contribution < 1.29 is 48.8 Å². The van der Waals surface area contributed by atoms with Crippen LogP contribution in [0.15, 0.2) is 10.4 Å². The minimum Gasteiger partial charge on any atom is -0.477 e. The molecule has 0 bridgehead atoms. The van der Waals surface area contributed by atoms with Crippen LogP contribution in [-0.4, -0.2) is 78.9 Å². The maximum atomic E-state index is 11.8. The lowest BCUT2D eigenvalue weighted by Crippen LogP contribution is -2.63. The van der Waals surface area contributed by atoms with Crippen LogP contribution in [0.25, 0.3) is 0 Å². The summed E-state index contributed by atoms with van der Waals surface area (Å²) in [5, 5.41) is 45.3. The normalized spacial score (nSPS) is 35.1. The molecule has 2 rings (SSSR count). The monoisotopic (exact) mass is 374 g/mol. The third-order valence-corrected chi connectivity index (χ3v) is 5.08. The molecule has 4 atom stereocenters. The molecule has 0 spiro atoms. The molecule has 2 heterocycles. The molecule has 0 aromatic carbocycles. The first kappa shape index (κ1) is 19.7. The van der Waals surface area contributed by atoms with E-state index in [0.717, 1.165) is 0 Å². The van der Waals surface area contributed by atoms with Crippen molar-refractivity contribution >= 4 is 24.1 Å². The highest BCUT2D eigenvalue weighted by Crippen LogP contribution is 2.32. The van der Waals surface area contributed by atoms with E-state index in [2.05, 4.69) is 10.4 Å². The number of hydrogen-bond acceptors (Lipinski definition) is 6. The average Bonchev–Trinajstić information content (AvgIpc) is 2.59. The van der Waals surface area contributed by atoms with Gasteiger partial charge in [0.2, 0.25) is 12.1 Å². The van der Waals surface area contributed by atoms with Gasteiger partial charge in [0.25, 0.3) is 0 Å². The van der Waals surface area contributed by atoms with Crippen molar-refractivity contribution in [2.75, 3.05) is 13.1 Å². The quantitative estimate of drug-likeness (QED) is 0.423. The number of carboxylic acid groups (broad SMARTS) is 4. The zero-order valence-corrected chi connectivity index (χ0v) is 14.0. The SMILES string of the molecule is O=C(O)C1CCCC[N+]1(N=N[N+]1(C(=O)O)CCCCC1C(=O)O)C(=O)O. The zero-order valence-electron chi connectivity index (χ0n) is 14.0. The standard InChI is InChI=1S/C14H20N4O8/c19-11(20)9-5-1-3-7-17(9,13(23)24)15-16-18(14(25)26)8-4-2-6-10(18)12(21)22/h9-10H,1-8H2,(H2-2,19,20,21,22,23,24,25,26)/p+2. The summed E-state index contributed by atoms with van der Waals surface area (Å²) < 4.78 is -2.57. The van der Waals surface area contributed by atoms with E-state index in [9.17, 15) is 39.6 Å². The van der Waals surface area contributed by atoms with Crippen LogP contribution in [0.3, 0.4) is 0 Å². The molecule has 2 aliphatic heterocycles. The fraction of sp³-hybridized carbons (Fsp3) is 0.714. The summed E-state index contributed by atoms with van der Waals surface area (Å²) in [6.45, 7) is -0.319. The van der Waals surface area contributed by atoms with Crippen molar-refractivity contribution in [1.29, 1.82) is 0 Å². The number of hydrogen-bond donors (Lipinski definition) is 4. The number of amides is 2. The Kier molecular flexibility index (Phi) is 5.56. The van der Waals surface area contributed by atoms with Crippen LogP contribution in [0.1, 0.15) is 38.5 Å². The maximum Gasteiger partial charge on any atom is 0.543 e. The molecule has 0 aromatic heterocycles. The van der Waals surface area contributed by atoms with Gasteiger partial charge in [-0.2, -0.15) is 9.59 Å². The molecule has 4 unspecified atom stereocenters. The topological polar surface area (TPSA) is 174 Å². The van der Waals surface area contributed by atoms with Gasteiger partial charge in [0.15, 0.2) is 0 Å². The van der Waals surface area contributed by atoms with Crippen molar-refractivity contribution in [3.8, 4) is 0 Å². The first-order valence-electron chi connectivity index (χ1n) is 8.30. The molecule has 12 heteroatoms. The Balaban J connectivity index is 2.52. The molecule has 0 saturated carbocycles. The molecule has 2 aliphatic rings. The number of quaternary nitrogens is 2. The lowest BCUT2D eigenvalue weighted by Gasteiger charge is -2.36. The van der Waals surface area contributed by atoms with E-state index < -0.39 is 45.4 Å². The highest BCUT2D eigenvalue weighted by Gasteiger charge is 2.57. The Morgan fingerprint density at radius 3 is 1.27 bits per heavy atom. The van der Waals surface area contributed by atoms with E-state index in [1.54, 1.807) is 0 Å². The van der Waals surface area contributed by atoms with Crippen LogP contribution in [-0.2, 0) is 9.59 Å². The highest BCUT2D eigenvalue weighted by molar-refractivity contribution is 5.75. The van der Waals surface area contributed by atoms with Gasteiger partial charge in [-0.3, -0.25) is 0 Å². The molecular weight excluding hydrogens is 352 g/mol. The highest BCUT2D eigenvalue weighted by atomic mass is 16.4. The van der Waals surface area contributed by atoms with Gasteiger partial charge in [-0.1, -0.05) is 9.18 Å². The Bertz CT molecular complexity index is 599. The second kappa shape index (κ2) is 7.33. The third kappa shape index (κ3) is 3.24. The molecule has 0 aromatic rings. The van der Waals surface area contributed by atoms with Gasteiger partial charge in [0.05, 0.1) is 10.4 Å². The van der Waals surface area contributed by atoms with Crippen LogP contribution in [0.2, 0.25) is 0 Å². The second-order valence-electron chi connectivity index (χ2n) is 6.54. The van der Waals surface area contributed by atoms with Crippen molar-refractivity contribution in [2.45, 2.75) is 50.6 Å². The number of nitrogens with zero attached hydrogens (tertiary/aromatic N) is 4. The summed E-state index contributed by atoms with van der Waals surface area (Å²) >= 11 is 0. The van der Waals surface area contributed by atoms with Crippen LogP contribution < -0.4 is 0 Å². The van der Waals surface area contributed by atoms with E-state index in [4.69, 9.17) is 0 Å². The molecule has 0 aliphatic carbocycles. The number of likely N-dealkylation sites (tertiary alicyclic amines) is 2. The molecule has 2 saturated heterocycles. The minimum atomic E-state index is -1.56. The van der Waals surface area contributed by atoms with Gasteiger partial charge in [-0.15, -0.1) is 0 Å². The predicted octanol–water partition coefficient (Wildman–Crippen LogP) is 1.53. The lowest BCUT2D eigenvalue weighted by atomic mass is 10.0. The van der Waals surface area contributed by atoms with E-state index in [1.807, 2.05) is 0 Å². The van der Waals surface area contributed by atoms with Gasteiger partial charge in [0, 0.05) is 12.8 Å². The van der Waals surface area contributed by atoms with Gasteiger partial charge >= 0.3 is 24.1 Å². The second-order valence-corrected chi connectivity index (χ2v) is 6.54. The Labute approximate surface area is 148 Å². The molecule has 4 N–H and O–H groups in total. The van der Waals surface area contributed by atoms with Gasteiger partial charge in [-0.05, 0) is 25.7 Å². The summed E-state index contributed by atoms with van der Waals surface area (Å²) in [7, 11) is 0. The first-order valence-corrected chi connectivity index (χ1v) is 8.30. The first-order chi connectivity index (χ1) is 12.2. The summed E-state index contributed by atoms with van der Waals surface area (Å²) in [6.07, 6.45) is -1.27. The zero-order chi connectivity index (χ0) is 19.5. The molecule has 144 valence electrons. The van der Waals surface area contributed by atoms with E-state index in [0.29, 0.717) is 25.7 Å². The minimum absolute atomic E-state index is 0.0517. The van der Waals surface area contributed by atoms with E-state index in [-0.39, 0.29) is 25.9 Å². The Hall–Kier alpha value is -2.60. The van der Waals surface area contributed by atoms with Gasteiger partial charge in [0.1, 0.15) is 13.1 Å². The van der Waals surface area contributed by atoms with Crippen LogP contribution in [0, 0.1) is 0 Å². The Morgan fingerprint density at radius 1 is 0.654 bits per heavy atom. The van der Waals surface area contributed by atoms with Crippen molar-refractivity contribution in [2.24, 2.45) is 10.4 Å². The maximum absolute atomic E-state index is 11.8. The fourth-order valence-corrected chi connectivity index (χ4v) is 3.62. The Morgan fingerprint density at radius 2 is 1.00 bits per heavy atom. The van der Waals surface area contributed by atoms with E-state index in [1.165, 1.54) is 0 Å². The average molecular weight is 374 g/mol. The van der Waals surface area contributed by atoms with Crippen molar-refractivity contribution in [3.63, 3.8) is 0 Å². The van der Waals surface area contributed by atoms with Crippen molar-refractivity contribution in [1.82, 2.24) is 0 Å². The smallest absolute Gasteiger partial charge is 0.477 e. The molecule has 12 nitrogen and oxygen atoms in total. The fourth-order valence-electron chi connectivity index (χ4n) is 3.62. The summed E-state index contributed by atoms with van der Waals surface area (Å²) in [5.74, 6) is -2.75. The lowest BCUT2D eigenvalue weighted by molar-refractivity contribution is -0.936.